The lowest BCUT2D eigenvalue weighted by molar-refractivity contribution is 0.289. The van der Waals surface area contributed by atoms with E-state index in [1.54, 1.807) is 18.2 Å². The Labute approximate surface area is 162 Å². The molecule has 0 aliphatic carbocycles. The molecule has 0 bridgehead atoms. The predicted molar refractivity (Wildman–Crippen MR) is 107 cm³/mol. The number of hydrogen-bond acceptors (Lipinski definition) is 4. The highest BCUT2D eigenvalue weighted by Gasteiger charge is 2.07. The molecule has 1 aromatic heterocycles. The molecule has 7 heteroatoms. The second-order valence-electron chi connectivity index (χ2n) is 6.36. The van der Waals surface area contributed by atoms with Gasteiger partial charge in [-0.3, -0.25) is 10.7 Å². The van der Waals surface area contributed by atoms with Gasteiger partial charge in [-0.15, -0.1) is 0 Å². The first-order chi connectivity index (χ1) is 13.7. The number of nitrogens with zero attached hydrogens (tertiary/aromatic N) is 1. The van der Waals surface area contributed by atoms with Crippen LogP contribution in [-0.4, -0.2) is 29.4 Å². The van der Waals surface area contributed by atoms with Crippen LogP contribution in [0.5, 0.6) is 0 Å². The van der Waals surface area contributed by atoms with Gasteiger partial charge in [0.1, 0.15) is 5.82 Å². The molecule has 0 saturated carbocycles. The topological polar surface area (TPSA) is 94.2 Å². The zero-order valence-corrected chi connectivity index (χ0v) is 15.4. The summed E-state index contributed by atoms with van der Waals surface area (Å²) in [5.41, 5.74) is 3.35. The number of benzene rings is 2. The molecule has 1 heterocycles. The van der Waals surface area contributed by atoms with Crippen LogP contribution in [0, 0.1) is 11.2 Å². The molecule has 4 N–H and O–H groups in total. The van der Waals surface area contributed by atoms with E-state index in [0.717, 1.165) is 23.2 Å². The van der Waals surface area contributed by atoms with E-state index in [1.807, 2.05) is 30.3 Å². The first kappa shape index (κ1) is 19.6. The third-order valence-corrected chi connectivity index (χ3v) is 4.25. The number of anilines is 1. The maximum absolute atomic E-state index is 13.9. The molecule has 0 saturated heterocycles. The molecule has 3 aromatic rings. The molecule has 3 rings (SSSR count). The fourth-order valence-electron chi connectivity index (χ4n) is 2.77. The van der Waals surface area contributed by atoms with Crippen molar-refractivity contribution in [1.82, 2.24) is 10.5 Å². The quantitative estimate of drug-likeness (QED) is 0.271. The number of hydrogen-bond donors (Lipinski definition) is 4. The molecule has 0 aliphatic rings. The highest BCUT2D eigenvalue weighted by atomic mass is 19.1. The number of guanidine groups is 1. The van der Waals surface area contributed by atoms with Crippen LogP contribution in [0.15, 0.2) is 59.1 Å². The van der Waals surface area contributed by atoms with Gasteiger partial charge in [0.2, 0.25) is 5.88 Å². The van der Waals surface area contributed by atoms with Crippen LogP contribution in [0.25, 0.3) is 11.1 Å². The lowest BCUT2D eigenvalue weighted by Gasteiger charge is -2.06. The maximum Gasteiger partial charge on any atom is 0.231 e. The summed E-state index contributed by atoms with van der Waals surface area (Å²) in [5.74, 6) is 0.264. The van der Waals surface area contributed by atoms with Crippen LogP contribution in [0.4, 0.5) is 10.3 Å². The minimum atomic E-state index is -0.228. The molecular weight excluding hydrogens is 359 g/mol. The molecule has 2 aromatic carbocycles. The van der Waals surface area contributed by atoms with Crippen LogP contribution in [0.1, 0.15) is 17.7 Å². The number of nitrogens with one attached hydrogen (secondary N) is 3. The van der Waals surface area contributed by atoms with Gasteiger partial charge in [0.15, 0.2) is 5.96 Å². The van der Waals surface area contributed by atoms with Crippen molar-refractivity contribution in [2.24, 2.45) is 0 Å². The van der Waals surface area contributed by atoms with Gasteiger partial charge in [-0.2, -0.15) is 0 Å². The van der Waals surface area contributed by atoms with Crippen molar-refractivity contribution in [2.45, 2.75) is 19.3 Å². The molecule has 28 heavy (non-hydrogen) atoms. The van der Waals surface area contributed by atoms with Crippen molar-refractivity contribution >= 4 is 11.8 Å². The van der Waals surface area contributed by atoms with E-state index in [0.29, 0.717) is 30.8 Å². The fraction of sp³-hybridized carbons (Fsp3) is 0.238. The zero-order valence-electron chi connectivity index (χ0n) is 15.4. The standard InChI is InChI=1S/C21H23FN4O2/c22-19-5-2-1-4-18(19)16-9-6-15(7-10-16)8-11-17-14-20(28-26-17)25-21(23)24-12-3-13-27/h1-2,4-7,9-10,14,27H,3,8,11-13H2,(H3,23,24,25). The SMILES string of the molecule is N=C(NCCCO)Nc1cc(CCc2ccc(-c3ccccc3F)cc2)no1. The summed E-state index contributed by atoms with van der Waals surface area (Å²) in [5, 5.41) is 26.1. The van der Waals surface area contributed by atoms with Crippen molar-refractivity contribution in [3.8, 4) is 11.1 Å². The van der Waals surface area contributed by atoms with Crippen molar-refractivity contribution < 1.29 is 14.0 Å². The van der Waals surface area contributed by atoms with Gasteiger partial charge in [0.25, 0.3) is 0 Å². The van der Waals surface area contributed by atoms with Crippen LogP contribution < -0.4 is 10.6 Å². The van der Waals surface area contributed by atoms with Crippen molar-refractivity contribution in [3.63, 3.8) is 0 Å². The molecule has 0 fully saturated rings. The second-order valence-corrected chi connectivity index (χ2v) is 6.36. The summed E-state index contributed by atoms with van der Waals surface area (Å²) in [6, 6.07) is 16.3. The summed E-state index contributed by atoms with van der Waals surface area (Å²) in [7, 11) is 0. The minimum absolute atomic E-state index is 0.0774. The molecule has 0 atom stereocenters. The van der Waals surface area contributed by atoms with E-state index in [-0.39, 0.29) is 18.4 Å². The molecular formula is C21H23FN4O2. The molecule has 0 radical (unpaired) electrons. The summed E-state index contributed by atoms with van der Waals surface area (Å²) >= 11 is 0. The lowest BCUT2D eigenvalue weighted by Crippen LogP contribution is -2.30. The first-order valence-corrected chi connectivity index (χ1v) is 9.15. The van der Waals surface area contributed by atoms with Crippen LogP contribution in [0.3, 0.4) is 0 Å². The Balaban J connectivity index is 1.51. The number of aliphatic hydroxyl groups is 1. The minimum Gasteiger partial charge on any atom is -0.396 e. The maximum atomic E-state index is 13.9. The van der Waals surface area contributed by atoms with Gasteiger partial charge in [-0.1, -0.05) is 47.6 Å². The summed E-state index contributed by atoms with van der Waals surface area (Å²) in [4.78, 5) is 0. The van der Waals surface area contributed by atoms with E-state index >= 15 is 0 Å². The molecule has 6 nitrogen and oxygen atoms in total. The number of halogens is 1. The van der Waals surface area contributed by atoms with Crippen LogP contribution in [0.2, 0.25) is 0 Å². The van der Waals surface area contributed by atoms with Crippen LogP contribution >= 0.6 is 0 Å². The van der Waals surface area contributed by atoms with Gasteiger partial charge >= 0.3 is 0 Å². The first-order valence-electron chi connectivity index (χ1n) is 9.15. The Morgan fingerprint density at radius 1 is 1.11 bits per heavy atom. The van der Waals surface area contributed by atoms with E-state index in [1.165, 1.54) is 6.07 Å². The van der Waals surface area contributed by atoms with Crippen molar-refractivity contribution in [3.05, 3.63) is 71.7 Å². The Bertz CT molecular complexity index is 909. The van der Waals surface area contributed by atoms with E-state index in [9.17, 15) is 4.39 Å². The predicted octanol–water partition coefficient (Wildman–Crippen LogP) is 3.58. The van der Waals surface area contributed by atoms with E-state index in [2.05, 4.69) is 15.8 Å². The van der Waals surface area contributed by atoms with E-state index in [4.69, 9.17) is 15.0 Å². The summed E-state index contributed by atoms with van der Waals surface area (Å²) in [6.07, 6.45) is 2.03. The van der Waals surface area contributed by atoms with Gasteiger partial charge in [0.05, 0.1) is 5.69 Å². The monoisotopic (exact) mass is 382 g/mol. The Morgan fingerprint density at radius 2 is 1.89 bits per heavy atom. The van der Waals surface area contributed by atoms with Crippen molar-refractivity contribution in [1.29, 1.82) is 5.41 Å². The molecule has 0 amide bonds. The van der Waals surface area contributed by atoms with E-state index < -0.39 is 0 Å². The summed E-state index contributed by atoms with van der Waals surface area (Å²) in [6.45, 7) is 0.584. The van der Waals surface area contributed by atoms with Crippen molar-refractivity contribution in [2.75, 3.05) is 18.5 Å². The smallest absolute Gasteiger partial charge is 0.231 e. The Morgan fingerprint density at radius 3 is 2.64 bits per heavy atom. The molecule has 0 spiro atoms. The molecule has 146 valence electrons. The average Bonchev–Trinajstić information content (AvgIpc) is 3.15. The lowest BCUT2D eigenvalue weighted by atomic mass is 10.0. The van der Waals surface area contributed by atoms with Gasteiger partial charge in [-0.25, -0.2) is 4.39 Å². The Hall–Kier alpha value is -3.19. The van der Waals surface area contributed by atoms with Crippen LogP contribution in [-0.2, 0) is 12.8 Å². The molecule has 0 unspecified atom stereocenters. The number of aliphatic hydroxyl groups excluding tert-OH is 1. The highest BCUT2D eigenvalue weighted by Crippen LogP contribution is 2.23. The normalized spacial score (nSPS) is 10.6. The Kier molecular flexibility index (Phi) is 6.75. The average molecular weight is 382 g/mol. The van der Waals surface area contributed by atoms with Gasteiger partial charge < -0.3 is 14.9 Å². The number of aromatic nitrogens is 1. The number of rotatable bonds is 8. The second kappa shape index (κ2) is 9.66. The largest absolute Gasteiger partial charge is 0.396 e. The third kappa shape index (κ3) is 5.40. The van der Waals surface area contributed by atoms with Gasteiger partial charge in [-0.05, 0) is 36.5 Å². The zero-order chi connectivity index (χ0) is 19.8. The number of aryl methyl sites for hydroxylation is 2. The summed E-state index contributed by atoms with van der Waals surface area (Å²) < 4.78 is 19.1. The highest BCUT2D eigenvalue weighted by molar-refractivity contribution is 5.89. The van der Waals surface area contributed by atoms with Gasteiger partial charge in [0, 0.05) is 24.8 Å². The fourth-order valence-corrected chi connectivity index (χ4v) is 2.77. The third-order valence-electron chi connectivity index (χ3n) is 4.25. The molecule has 0 aliphatic heterocycles.